The topological polar surface area (TPSA) is 68.6 Å². The summed E-state index contributed by atoms with van der Waals surface area (Å²) in [6, 6.07) is 29.3. The number of nitrogens with zero attached hydrogens (tertiary/aromatic N) is 4. The molecule has 2 heterocycles. The van der Waals surface area contributed by atoms with Crippen molar-refractivity contribution in [1.29, 1.82) is 0 Å². The van der Waals surface area contributed by atoms with E-state index >= 15 is 0 Å². The van der Waals surface area contributed by atoms with E-state index in [-0.39, 0.29) is 36.7 Å². The molecule has 0 aliphatic rings. The molecule has 0 spiro atoms. The van der Waals surface area contributed by atoms with Crippen molar-refractivity contribution in [3.05, 3.63) is 108 Å². The van der Waals surface area contributed by atoms with Gasteiger partial charge in [-0.1, -0.05) is 108 Å². The predicted molar refractivity (Wildman–Crippen MR) is 166 cm³/mol. The Morgan fingerprint density at radius 1 is 0.619 bits per heavy atom. The molecule has 5 aromatic rings. The molecular formula is C36H35IrN4O-. The van der Waals surface area contributed by atoms with Crippen molar-refractivity contribution < 1.29 is 24.9 Å². The molecule has 3 aromatic carbocycles. The summed E-state index contributed by atoms with van der Waals surface area (Å²) < 4.78 is 0. The Balaban J connectivity index is 0.00000405. The van der Waals surface area contributed by atoms with E-state index in [1.54, 1.807) is 25.3 Å². The first-order valence-corrected chi connectivity index (χ1v) is 13.9. The van der Waals surface area contributed by atoms with Crippen molar-refractivity contribution >= 4 is 5.78 Å². The van der Waals surface area contributed by atoms with Gasteiger partial charge in [-0.05, 0) is 34.6 Å². The Labute approximate surface area is 262 Å². The van der Waals surface area contributed by atoms with Crippen LogP contribution >= 0.6 is 0 Å². The van der Waals surface area contributed by atoms with Crippen LogP contribution in [0.5, 0.6) is 0 Å². The molecule has 0 unspecified atom stereocenters. The van der Waals surface area contributed by atoms with Gasteiger partial charge in [0.1, 0.15) is 5.78 Å². The summed E-state index contributed by atoms with van der Waals surface area (Å²) in [5.41, 5.74) is 7.46. The van der Waals surface area contributed by atoms with Gasteiger partial charge in [-0.3, -0.25) is 0 Å². The summed E-state index contributed by atoms with van der Waals surface area (Å²) in [6.45, 7) is 14.8. The summed E-state index contributed by atoms with van der Waals surface area (Å²) >= 11 is 0. The van der Waals surface area contributed by atoms with Crippen molar-refractivity contribution in [1.82, 2.24) is 19.9 Å². The molecule has 215 valence electrons. The number of pyridine rings is 1. The Kier molecular flexibility index (Phi) is 9.00. The number of carbonyl (C=O) groups excluding carboxylic acids is 1. The van der Waals surface area contributed by atoms with Crippen LogP contribution in [0.2, 0.25) is 0 Å². The largest absolute Gasteiger partial charge is 0.306 e. The van der Waals surface area contributed by atoms with Crippen molar-refractivity contribution in [2.24, 2.45) is 0 Å². The molecule has 0 fully saturated rings. The quantitative estimate of drug-likeness (QED) is 0.134. The maximum absolute atomic E-state index is 11.6. The van der Waals surface area contributed by atoms with Gasteiger partial charge in [-0.2, -0.15) is 0 Å². The predicted octanol–water partition coefficient (Wildman–Crippen LogP) is 8.53. The molecule has 5 rings (SSSR count). The molecule has 0 amide bonds. The maximum atomic E-state index is 11.6. The summed E-state index contributed by atoms with van der Waals surface area (Å²) in [7, 11) is 0. The smallest absolute Gasteiger partial charge is 0.165 e. The van der Waals surface area contributed by atoms with Crippen LogP contribution in [0.25, 0.3) is 45.4 Å². The number of benzene rings is 3. The van der Waals surface area contributed by atoms with E-state index in [0.717, 1.165) is 27.9 Å². The zero-order valence-electron chi connectivity index (χ0n) is 25.1. The van der Waals surface area contributed by atoms with E-state index in [4.69, 9.17) is 15.0 Å². The van der Waals surface area contributed by atoms with Crippen molar-refractivity contribution in [3.8, 4) is 45.4 Å². The zero-order chi connectivity index (χ0) is 29.4. The summed E-state index contributed by atoms with van der Waals surface area (Å²) in [4.78, 5) is 30.9. The molecule has 0 saturated carbocycles. The number of Topliss-reactive ketones (excluding diaryl/α,β-unsaturated/α-hetero) is 1. The van der Waals surface area contributed by atoms with E-state index in [1.807, 2.05) is 18.2 Å². The Morgan fingerprint density at radius 3 is 1.43 bits per heavy atom. The van der Waals surface area contributed by atoms with Crippen LogP contribution in [0.3, 0.4) is 0 Å². The number of rotatable bonds is 5. The molecule has 1 radical (unpaired) electrons. The molecular weight excluding hydrogens is 697 g/mol. The van der Waals surface area contributed by atoms with Crippen molar-refractivity contribution in [3.63, 3.8) is 0 Å². The van der Waals surface area contributed by atoms with Crippen molar-refractivity contribution in [2.75, 3.05) is 0 Å². The SMILES string of the molecule is CC(=O)c1c[c-]c(-c2ccc(-c3nc(-c4ccc(C(C)(C)C)cc4)nc(-c4ccc(C(C)(C)C)cc4)n3)cn2)cc1.[Ir]. The first-order chi connectivity index (χ1) is 19.4. The average Bonchev–Trinajstić information content (AvgIpc) is 2.96. The second-order valence-corrected chi connectivity index (χ2v) is 12.4. The van der Waals surface area contributed by atoms with Gasteiger partial charge in [0.15, 0.2) is 17.5 Å². The molecule has 5 nitrogen and oxygen atoms in total. The number of hydrogen-bond acceptors (Lipinski definition) is 5. The van der Waals surface area contributed by atoms with Crippen LogP contribution in [0, 0.1) is 6.07 Å². The first kappa shape index (κ1) is 31.1. The molecule has 0 aliphatic carbocycles. The summed E-state index contributed by atoms with van der Waals surface area (Å²) in [5, 5.41) is 0. The fourth-order valence-corrected chi connectivity index (χ4v) is 4.49. The minimum absolute atomic E-state index is 0. The van der Waals surface area contributed by atoms with Gasteiger partial charge in [0, 0.05) is 43.0 Å². The third-order valence-electron chi connectivity index (χ3n) is 7.17. The maximum Gasteiger partial charge on any atom is 0.165 e. The van der Waals surface area contributed by atoms with Crippen molar-refractivity contribution in [2.45, 2.75) is 59.3 Å². The average molecular weight is 732 g/mol. The van der Waals surface area contributed by atoms with Crippen LogP contribution in [0.1, 0.15) is 70.0 Å². The van der Waals surface area contributed by atoms with Gasteiger partial charge in [-0.15, -0.1) is 29.8 Å². The van der Waals surface area contributed by atoms with Gasteiger partial charge < -0.3 is 9.78 Å². The molecule has 6 heteroatoms. The van der Waals surface area contributed by atoms with Crippen LogP contribution < -0.4 is 0 Å². The van der Waals surface area contributed by atoms with Crippen LogP contribution in [-0.2, 0) is 30.9 Å². The Morgan fingerprint density at radius 2 is 1.07 bits per heavy atom. The Hall–Kier alpha value is -3.86. The number of carbonyl (C=O) groups is 1. The molecule has 42 heavy (non-hydrogen) atoms. The van der Waals surface area contributed by atoms with E-state index in [0.29, 0.717) is 23.0 Å². The number of hydrogen-bond donors (Lipinski definition) is 0. The summed E-state index contributed by atoms with van der Waals surface area (Å²) in [6.07, 6.45) is 1.77. The van der Waals surface area contributed by atoms with Crippen LogP contribution in [-0.4, -0.2) is 25.7 Å². The second-order valence-electron chi connectivity index (χ2n) is 12.4. The molecule has 0 atom stereocenters. The fourth-order valence-electron chi connectivity index (χ4n) is 4.49. The minimum Gasteiger partial charge on any atom is -0.306 e. The van der Waals surface area contributed by atoms with E-state index in [9.17, 15) is 4.79 Å². The standard InChI is InChI=1S/C36H35N4O.Ir/c1-23(41)24-8-10-25(11-9-24)31-21-16-28(22-37-31)34-39-32(26-12-17-29(18-13-26)35(2,3)4)38-33(40-34)27-14-19-30(20-15-27)36(5,6)7;/h8-10,12-22H,1-7H3;/q-1;. The summed E-state index contributed by atoms with van der Waals surface area (Å²) in [5.74, 6) is 1.79. The van der Waals surface area contributed by atoms with Gasteiger partial charge in [0.25, 0.3) is 0 Å². The van der Waals surface area contributed by atoms with Gasteiger partial charge in [0.05, 0.1) is 0 Å². The molecule has 0 aliphatic heterocycles. The van der Waals surface area contributed by atoms with Gasteiger partial charge in [-0.25, -0.2) is 15.0 Å². The minimum atomic E-state index is 0. The molecule has 0 N–H and O–H groups in total. The van der Waals surface area contributed by atoms with Gasteiger partial charge in [0.2, 0.25) is 0 Å². The third kappa shape index (κ3) is 6.95. The Bertz CT molecular complexity index is 1600. The molecule has 0 bridgehead atoms. The number of aromatic nitrogens is 4. The first-order valence-electron chi connectivity index (χ1n) is 13.9. The van der Waals surface area contributed by atoms with Crippen LogP contribution in [0.15, 0.2) is 85.1 Å². The fraction of sp³-hybridized carbons (Fsp3) is 0.250. The molecule has 2 aromatic heterocycles. The monoisotopic (exact) mass is 732 g/mol. The van der Waals surface area contributed by atoms with E-state index in [2.05, 4.69) is 101 Å². The zero-order valence-corrected chi connectivity index (χ0v) is 27.5. The molecule has 0 saturated heterocycles. The van der Waals surface area contributed by atoms with Crippen LogP contribution in [0.4, 0.5) is 0 Å². The van der Waals surface area contributed by atoms with E-state index in [1.165, 1.54) is 11.1 Å². The normalized spacial score (nSPS) is 11.6. The number of ketones is 1. The third-order valence-corrected chi connectivity index (χ3v) is 7.17. The van der Waals surface area contributed by atoms with Gasteiger partial charge >= 0.3 is 0 Å². The van der Waals surface area contributed by atoms with E-state index < -0.39 is 0 Å². The second kappa shape index (κ2) is 12.2.